The smallest absolute Gasteiger partial charge is 0.316 e. The number of nitrogens with zero attached hydrogens (tertiary/aromatic N) is 1. The molecule has 1 fully saturated rings. The topological polar surface area (TPSA) is 24.9 Å². The highest BCUT2D eigenvalue weighted by atomic mass is 19.4. The van der Waals surface area contributed by atoms with Gasteiger partial charge in [-0.1, -0.05) is 18.2 Å². The summed E-state index contributed by atoms with van der Waals surface area (Å²) < 4.78 is 37.8. The second-order valence-electron chi connectivity index (χ2n) is 5.97. The summed E-state index contributed by atoms with van der Waals surface area (Å²) in [6, 6.07) is 11.3. The van der Waals surface area contributed by atoms with Crippen LogP contribution in [-0.2, 0) is 12.6 Å². The van der Waals surface area contributed by atoms with Crippen LogP contribution in [-0.4, -0.2) is 18.1 Å². The van der Waals surface area contributed by atoms with Crippen LogP contribution < -0.4 is 5.32 Å². The van der Waals surface area contributed by atoms with Crippen LogP contribution in [0.5, 0.6) is 0 Å². The molecule has 122 valence electrons. The van der Waals surface area contributed by atoms with Gasteiger partial charge in [0.2, 0.25) is 0 Å². The van der Waals surface area contributed by atoms with E-state index in [-0.39, 0.29) is 0 Å². The predicted octanol–water partition coefficient (Wildman–Crippen LogP) is 4.16. The van der Waals surface area contributed by atoms with Crippen LogP contribution in [0.3, 0.4) is 0 Å². The number of nitrogens with one attached hydrogen (secondary N) is 1. The van der Waals surface area contributed by atoms with E-state index in [1.165, 1.54) is 12.1 Å². The molecule has 5 heteroatoms. The summed E-state index contributed by atoms with van der Waals surface area (Å²) in [4.78, 5) is 4.70. The lowest BCUT2D eigenvalue weighted by atomic mass is 9.95. The molecule has 0 unspecified atom stereocenters. The Bertz CT molecular complexity index is 644. The van der Waals surface area contributed by atoms with Crippen LogP contribution in [0.25, 0.3) is 0 Å². The predicted molar refractivity (Wildman–Crippen MR) is 83.3 cm³/mol. The maximum atomic E-state index is 12.6. The van der Waals surface area contributed by atoms with Crippen LogP contribution in [0, 0.1) is 0 Å². The Kier molecular flexibility index (Phi) is 4.66. The normalized spacial score (nSPS) is 18.8. The molecule has 2 aromatic rings. The Labute approximate surface area is 133 Å². The number of rotatable bonds is 3. The van der Waals surface area contributed by atoms with Crippen LogP contribution in [0.2, 0.25) is 0 Å². The van der Waals surface area contributed by atoms with Crippen molar-refractivity contribution in [1.82, 2.24) is 10.3 Å². The van der Waals surface area contributed by atoms with Gasteiger partial charge in [-0.25, -0.2) is 0 Å². The van der Waals surface area contributed by atoms with E-state index < -0.39 is 11.7 Å². The fourth-order valence-electron chi connectivity index (χ4n) is 2.95. The molecule has 1 aliphatic rings. The van der Waals surface area contributed by atoms with Crippen molar-refractivity contribution in [2.45, 2.75) is 31.4 Å². The first-order chi connectivity index (χ1) is 11.0. The molecule has 0 bridgehead atoms. The standard InChI is InChI=1S/C18H19F3N2/c19-18(20,21)15-8-6-13(7-9-15)11-16-4-1-5-17(23-16)14-3-2-10-22-12-14/h1,4-9,14,22H,2-3,10-12H2/t14-/m1/s1. The number of aromatic nitrogens is 1. The minimum atomic E-state index is -4.29. The fraction of sp³-hybridized carbons (Fsp3) is 0.389. The largest absolute Gasteiger partial charge is 0.416 e. The van der Waals surface area contributed by atoms with E-state index in [1.807, 2.05) is 18.2 Å². The molecule has 3 rings (SSSR count). The second-order valence-corrected chi connectivity index (χ2v) is 5.97. The number of alkyl halides is 3. The van der Waals surface area contributed by atoms with E-state index in [9.17, 15) is 13.2 Å². The van der Waals surface area contributed by atoms with Gasteiger partial charge in [-0.2, -0.15) is 13.2 Å². The molecule has 0 saturated carbocycles. The van der Waals surface area contributed by atoms with Gasteiger partial charge in [-0.05, 0) is 49.2 Å². The minimum absolute atomic E-state index is 0.427. The highest BCUT2D eigenvalue weighted by Crippen LogP contribution is 2.29. The molecule has 0 aliphatic carbocycles. The van der Waals surface area contributed by atoms with Crippen molar-refractivity contribution in [1.29, 1.82) is 0 Å². The fourth-order valence-corrected chi connectivity index (χ4v) is 2.95. The first-order valence-electron chi connectivity index (χ1n) is 7.85. The van der Waals surface area contributed by atoms with Crippen molar-refractivity contribution in [3.05, 3.63) is 65.0 Å². The van der Waals surface area contributed by atoms with Crippen molar-refractivity contribution < 1.29 is 13.2 Å². The molecule has 1 atom stereocenters. The van der Waals surface area contributed by atoms with E-state index >= 15 is 0 Å². The lowest BCUT2D eigenvalue weighted by molar-refractivity contribution is -0.137. The number of benzene rings is 1. The van der Waals surface area contributed by atoms with Gasteiger partial charge in [0.25, 0.3) is 0 Å². The average Bonchev–Trinajstić information content (AvgIpc) is 2.56. The average molecular weight is 320 g/mol. The van der Waals surface area contributed by atoms with Gasteiger partial charge in [0.1, 0.15) is 0 Å². The molecule has 2 heterocycles. The van der Waals surface area contributed by atoms with E-state index in [4.69, 9.17) is 4.98 Å². The number of hydrogen-bond acceptors (Lipinski definition) is 2. The van der Waals surface area contributed by atoms with Crippen molar-refractivity contribution >= 4 is 0 Å². The number of pyridine rings is 1. The van der Waals surface area contributed by atoms with Crippen LogP contribution >= 0.6 is 0 Å². The maximum absolute atomic E-state index is 12.6. The number of hydrogen-bond donors (Lipinski definition) is 1. The summed E-state index contributed by atoms with van der Waals surface area (Å²) in [5, 5.41) is 3.38. The van der Waals surface area contributed by atoms with Crippen molar-refractivity contribution in [3.63, 3.8) is 0 Å². The zero-order valence-corrected chi connectivity index (χ0v) is 12.7. The zero-order valence-electron chi connectivity index (χ0n) is 12.7. The molecule has 1 aromatic heterocycles. The van der Waals surface area contributed by atoms with Crippen molar-refractivity contribution in [3.8, 4) is 0 Å². The Morgan fingerprint density at radius 3 is 2.52 bits per heavy atom. The lowest BCUT2D eigenvalue weighted by Gasteiger charge is -2.22. The Morgan fingerprint density at radius 2 is 1.87 bits per heavy atom. The van der Waals surface area contributed by atoms with E-state index in [0.717, 1.165) is 55.0 Å². The van der Waals surface area contributed by atoms with Crippen LogP contribution in [0.15, 0.2) is 42.5 Å². The maximum Gasteiger partial charge on any atom is 0.416 e. The Hall–Kier alpha value is -1.88. The van der Waals surface area contributed by atoms with E-state index in [1.54, 1.807) is 0 Å². The molecule has 1 N–H and O–H groups in total. The van der Waals surface area contributed by atoms with E-state index in [2.05, 4.69) is 5.32 Å². The third kappa shape index (κ3) is 4.10. The SMILES string of the molecule is FC(F)(F)c1ccc(Cc2cccc([C@@H]3CCCNC3)n2)cc1. The third-order valence-electron chi connectivity index (χ3n) is 4.21. The molecule has 0 amide bonds. The molecule has 1 aliphatic heterocycles. The van der Waals surface area contributed by atoms with Crippen molar-refractivity contribution in [2.24, 2.45) is 0 Å². The second kappa shape index (κ2) is 6.71. The molecule has 2 nitrogen and oxygen atoms in total. The summed E-state index contributed by atoms with van der Waals surface area (Å²) >= 11 is 0. The first-order valence-corrected chi connectivity index (χ1v) is 7.85. The Balaban J connectivity index is 1.72. The van der Waals surface area contributed by atoms with Gasteiger partial charge in [-0.3, -0.25) is 4.98 Å². The minimum Gasteiger partial charge on any atom is -0.316 e. The summed E-state index contributed by atoms with van der Waals surface area (Å²) in [6.07, 6.45) is -1.46. The lowest BCUT2D eigenvalue weighted by Crippen LogP contribution is -2.28. The van der Waals surface area contributed by atoms with E-state index in [0.29, 0.717) is 12.3 Å². The van der Waals surface area contributed by atoms with Crippen molar-refractivity contribution in [2.75, 3.05) is 13.1 Å². The van der Waals surface area contributed by atoms with Gasteiger partial charge in [0.15, 0.2) is 0 Å². The third-order valence-corrected chi connectivity index (χ3v) is 4.21. The quantitative estimate of drug-likeness (QED) is 0.918. The molecule has 0 radical (unpaired) electrons. The molecular formula is C18H19F3N2. The Morgan fingerprint density at radius 1 is 1.09 bits per heavy atom. The number of piperidine rings is 1. The van der Waals surface area contributed by atoms with Gasteiger partial charge in [0, 0.05) is 30.3 Å². The summed E-state index contributed by atoms with van der Waals surface area (Å²) in [5.74, 6) is 0.427. The van der Waals surface area contributed by atoms with Crippen LogP contribution in [0.4, 0.5) is 13.2 Å². The molecule has 1 aromatic carbocycles. The summed E-state index contributed by atoms with van der Waals surface area (Å²) in [6.45, 7) is 2.00. The summed E-state index contributed by atoms with van der Waals surface area (Å²) in [7, 11) is 0. The highest BCUT2D eigenvalue weighted by Gasteiger charge is 2.29. The van der Waals surface area contributed by atoms with Gasteiger partial charge >= 0.3 is 6.18 Å². The summed E-state index contributed by atoms with van der Waals surface area (Å²) in [5.41, 5.74) is 2.19. The van der Waals surface area contributed by atoms with Gasteiger partial charge < -0.3 is 5.32 Å². The molecule has 0 spiro atoms. The zero-order chi connectivity index (χ0) is 16.3. The molecule has 23 heavy (non-hydrogen) atoms. The molecular weight excluding hydrogens is 301 g/mol. The van der Waals surface area contributed by atoms with Crippen LogP contribution in [0.1, 0.15) is 41.3 Å². The molecule has 1 saturated heterocycles. The number of halogens is 3. The highest BCUT2D eigenvalue weighted by molar-refractivity contribution is 5.28. The first kappa shape index (κ1) is 16.0. The van der Waals surface area contributed by atoms with Gasteiger partial charge in [0.05, 0.1) is 5.56 Å². The van der Waals surface area contributed by atoms with Gasteiger partial charge in [-0.15, -0.1) is 0 Å². The monoisotopic (exact) mass is 320 g/mol.